The van der Waals surface area contributed by atoms with E-state index in [4.69, 9.17) is 14.5 Å². The van der Waals surface area contributed by atoms with Gasteiger partial charge in [0, 0.05) is 31.7 Å². The Labute approximate surface area is 141 Å². The maximum atomic E-state index is 5.49. The summed E-state index contributed by atoms with van der Waals surface area (Å²) in [6.45, 7) is 3.20. The highest BCUT2D eigenvalue weighted by atomic mass is 16.5. The van der Waals surface area contributed by atoms with E-state index in [1.807, 2.05) is 6.20 Å². The van der Waals surface area contributed by atoms with Gasteiger partial charge in [0.15, 0.2) is 5.65 Å². The van der Waals surface area contributed by atoms with Crippen LogP contribution in [0.2, 0.25) is 0 Å². The third kappa shape index (κ3) is 2.31. The van der Waals surface area contributed by atoms with Crippen LogP contribution in [0.1, 0.15) is 42.3 Å². The Balaban J connectivity index is 1.59. The van der Waals surface area contributed by atoms with E-state index in [1.165, 1.54) is 22.5 Å². The number of aromatic nitrogens is 3. The highest BCUT2D eigenvalue weighted by molar-refractivity contribution is 5.82. The lowest BCUT2D eigenvalue weighted by Gasteiger charge is -2.19. The third-order valence-corrected chi connectivity index (χ3v) is 5.31. The van der Waals surface area contributed by atoms with Crippen molar-refractivity contribution in [2.45, 2.75) is 31.6 Å². The van der Waals surface area contributed by atoms with Gasteiger partial charge in [-0.15, -0.1) is 0 Å². The second-order valence-corrected chi connectivity index (χ2v) is 6.71. The van der Waals surface area contributed by atoms with Crippen molar-refractivity contribution in [2.75, 3.05) is 26.4 Å². The molecule has 1 aliphatic carbocycles. The smallest absolute Gasteiger partial charge is 0.156 e. The van der Waals surface area contributed by atoms with Crippen LogP contribution in [0.5, 0.6) is 0 Å². The van der Waals surface area contributed by atoms with Gasteiger partial charge in [0.25, 0.3) is 0 Å². The van der Waals surface area contributed by atoms with Gasteiger partial charge < -0.3 is 9.47 Å². The summed E-state index contributed by atoms with van der Waals surface area (Å²) in [7, 11) is 0. The summed E-state index contributed by atoms with van der Waals surface area (Å²) in [6, 6.07) is 0. The number of allylic oxidation sites excluding steroid dienone is 2. The molecule has 5 heteroatoms. The minimum atomic E-state index is 0.505. The predicted molar refractivity (Wildman–Crippen MR) is 91.0 cm³/mol. The first-order valence-corrected chi connectivity index (χ1v) is 8.82. The lowest BCUT2D eigenvalue weighted by molar-refractivity contribution is 0.0846. The fourth-order valence-electron chi connectivity index (χ4n) is 3.99. The number of hydrogen-bond donors (Lipinski definition) is 0. The molecular formula is C19H21N3O2. The highest BCUT2D eigenvalue weighted by Gasteiger charge is 2.25. The number of fused-ring (bicyclic) bond motifs is 3. The zero-order valence-electron chi connectivity index (χ0n) is 13.7. The molecule has 1 saturated heterocycles. The van der Waals surface area contributed by atoms with Gasteiger partial charge in [-0.2, -0.15) is 0 Å². The van der Waals surface area contributed by atoms with E-state index in [1.54, 1.807) is 0 Å². The molecule has 0 spiro atoms. The molecule has 0 radical (unpaired) electrons. The van der Waals surface area contributed by atoms with Crippen LogP contribution in [-0.2, 0) is 15.9 Å². The molecule has 2 aromatic heterocycles. The molecule has 0 amide bonds. The van der Waals surface area contributed by atoms with Gasteiger partial charge in [-0.3, -0.25) is 9.38 Å². The molecule has 3 aliphatic rings. The molecule has 4 heterocycles. The Morgan fingerprint density at radius 1 is 1.08 bits per heavy atom. The Morgan fingerprint density at radius 3 is 2.83 bits per heavy atom. The Hall–Kier alpha value is -1.98. The van der Waals surface area contributed by atoms with Crippen molar-refractivity contribution >= 4 is 11.2 Å². The molecule has 124 valence electrons. The molecular weight excluding hydrogens is 302 g/mol. The first kappa shape index (κ1) is 14.4. The first-order valence-electron chi connectivity index (χ1n) is 8.82. The molecule has 2 aliphatic heterocycles. The lowest BCUT2D eigenvalue weighted by atomic mass is 9.97. The quantitative estimate of drug-likeness (QED) is 0.852. The van der Waals surface area contributed by atoms with Gasteiger partial charge >= 0.3 is 0 Å². The minimum Gasteiger partial charge on any atom is -0.381 e. The standard InChI is InChI=1S/C19H21N3O2/c1-2-16-19(15(1)13-3-7-23-8-4-13)22-12-17(21-18(22)11-20-16)14-5-9-24-10-6-14/h1,3,11-12,14H,2,4-10H2. The van der Waals surface area contributed by atoms with E-state index in [0.29, 0.717) is 12.5 Å². The molecule has 2 aromatic rings. The van der Waals surface area contributed by atoms with Crippen molar-refractivity contribution in [3.05, 3.63) is 47.2 Å². The largest absolute Gasteiger partial charge is 0.381 e. The minimum absolute atomic E-state index is 0.505. The van der Waals surface area contributed by atoms with Crippen LogP contribution < -0.4 is 0 Å². The maximum Gasteiger partial charge on any atom is 0.156 e. The lowest BCUT2D eigenvalue weighted by Crippen LogP contribution is -2.14. The average Bonchev–Trinajstić information content (AvgIpc) is 3.27. The van der Waals surface area contributed by atoms with Crippen molar-refractivity contribution in [3.63, 3.8) is 0 Å². The molecule has 0 N–H and O–H groups in total. The second-order valence-electron chi connectivity index (χ2n) is 6.71. The molecule has 5 rings (SSSR count). The van der Waals surface area contributed by atoms with E-state index in [-0.39, 0.29) is 0 Å². The fraction of sp³-hybridized carbons (Fsp3) is 0.474. The van der Waals surface area contributed by atoms with Crippen LogP contribution in [0.25, 0.3) is 11.2 Å². The van der Waals surface area contributed by atoms with E-state index in [9.17, 15) is 0 Å². The number of rotatable bonds is 2. The number of hydrogen-bond acceptors (Lipinski definition) is 4. The average molecular weight is 323 g/mol. The van der Waals surface area contributed by atoms with Crippen LogP contribution in [0, 0.1) is 0 Å². The van der Waals surface area contributed by atoms with Gasteiger partial charge in [-0.05, 0) is 30.4 Å². The van der Waals surface area contributed by atoms with Crippen molar-refractivity contribution in [3.8, 4) is 0 Å². The Bertz CT molecular complexity index is 844. The summed E-state index contributed by atoms with van der Waals surface area (Å²) < 4.78 is 13.2. The van der Waals surface area contributed by atoms with E-state index in [2.05, 4.69) is 27.7 Å². The predicted octanol–water partition coefficient (Wildman–Crippen LogP) is 2.91. The third-order valence-electron chi connectivity index (χ3n) is 5.31. The summed E-state index contributed by atoms with van der Waals surface area (Å²) in [5, 5.41) is 0. The van der Waals surface area contributed by atoms with Gasteiger partial charge in [0.05, 0.1) is 36.5 Å². The summed E-state index contributed by atoms with van der Waals surface area (Å²) in [5.41, 5.74) is 7.22. The molecule has 0 aromatic carbocycles. The topological polar surface area (TPSA) is 48.7 Å². The van der Waals surface area contributed by atoms with Gasteiger partial charge in [-0.1, -0.05) is 12.2 Å². The first-order chi connectivity index (χ1) is 11.9. The Kier molecular flexibility index (Phi) is 3.49. The van der Waals surface area contributed by atoms with Crippen molar-refractivity contribution in [2.24, 2.45) is 0 Å². The van der Waals surface area contributed by atoms with Crippen LogP contribution in [-0.4, -0.2) is 40.8 Å². The summed E-state index contributed by atoms with van der Waals surface area (Å²) in [5.74, 6) is 0.505. The normalized spacial score (nSPS) is 21.7. The number of ether oxygens (including phenoxy) is 2. The van der Waals surface area contributed by atoms with Crippen LogP contribution >= 0.6 is 0 Å². The highest BCUT2D eigenvalue weighted by Crippen LogP contribution is 2.35. The molecule has 24 heavy (non-hydrogen) atoms. The van der Waals surface area contributed by atoms with Gasteiger partial charge in [0.1, 0.15) is 0 Å². The molecule has 0 atom stereocenters. The molecule has 5 nitrogen and oxygen atoms in total. The number of imidazole rings is 1. The molecule has 1 fully saturated rings. The van der Waals surface area contributed by atoms with Crippen LogP contribution in [0.4, 0.5) is 0 Å². The van der Waals surface area contributed by atoms with Crippen LogP contribution in [0.3, 0.4) is 0 Å². The van der Waals surface area contributed by atoms with Crippen LogP contribution in [0.15, 0.2) is 30.1 Å². The fourth-order valence-corrected chi connectivity index (χ4v) is 3.99. The van der Waals surface area contributed by atoms with Gasteiger partial charge in [0.2, 0.25) is 0 Å². The molecule has 0 bridgehead atoms. The molecule has 0 saturated carbocycles. The zero-order chi connectivity index (χ0) is 15.9. The van der Waals surface area contributed by atoms with Gasteiger partial charge in [-0.25, -0.2) is 4.98 Å². The summed E-state index contributed by atoms with van der Waals surface area (Å²) in [6.07, 6.45) is 12.7. The monoisotopic (exact) mass is 323 g/mol. The molecule has 0 unspecified atom stereocenters. The van der Waals surface area contributed by atoms with Crippen molar-refractivity contribution in [1.29, 1.82) is 0 Å². The maximum absolute atomic E-state index is 5.49. The Morgan fingerprint density at radius 2 is 2.00 bits per heavy atom. The summed E-state index contributed by atoms with van der Waals surface area (Å²) in [4.78, 5) is 9.54. The van der Waals surface area contributed by atoms with E-state index < -0.39 is 0 Å². The summed E-state index contributed by atoms with van der Waals surface area (Å²) >= 11 is 0. The van der Waals surface area contributed by atoms with Crippen molar-refractivity contribution < 1.29 is 9.47 Å². The van der Waals surface area contributed by atoms with Crippen molar-refractivity contribution in [1.82, 2.24) is 14.4 Å². The van der Waals surface area contributed by atoms with E-state index in [0.717, 1.165) is 56.8 Å². The zero-order valence-corrected chi connectivity index (χ0v) is 13.7. The van der Waals surface area contributed by atoms with E-state index >= 15 is 0 Å². The SMILES string of the molecule is C1=C(C2=CCc3ncc4nc(C5CCOCC5)cn4c32)CCOC1. The second kappa shape index (κ2) is 5.83. The number of nitrogens with zero attached hydrogens (tertiary/aromatic N) is 3.